The maximum absolute atomic E-state index is 6.03. The Morgan fingerprint density at radius 1 is 0.339 bits per heavy atom. The van der Waals surface area contributed by atoms with Crippen molar-refractivity contribution in [3.05, 3.63) is 182 Å². The molecule has 5 nitrogen and oxygen atoms in total. The topological polar surface area (TPSA) is 64.7 Å². The van der Waals surface area contributed by atoms with E-state index >= 15 is 0 Å². The quantitative estimate of drug-likeness (QED) is 0.168. The second kappa shape index (κ2) is 13.7. The molecule has 0 saturated heterocycles. The molecule has 276 valence electrons. The number of aromatic nitrogens is 4. The summed E-state index contributed by atoms with van der Waals surface area (Å²) < 4.78 is 11.0. The van der Waals surface area contributed by atoms with E-state index in [1.54, 1.807) is 0 Å². The molecular weight excluding hydrogens is 761 g/mol. The fourth-order valence-electron chi connectivity index (χ4n) is 8.05. The van der Waals surface area contributed by atoms with Gasteiger partial charge in [-0.2, -0.15) is 0 Å². The van der Waals surface area contributed by atoms with Gasteiger partial charge < -0.3 is 4.42 Å². The molecular formula is C52H30N4OS2. The molecule has 0 saturated carbocycles. The lowest BCUT2D eigenvalue weighted by Gasteiger charge is -2.10. The van der Waals surface area contributed by atoms with E-state index in [1.165, 1.54) is 51.5 Å². The Labute approximate surface area is 346 Å². The number of hydrogen-bond donors (Lipinski definition) is 0. The molecule has 59 heavy (non-hydrogen) atoms. The molecule has 0 atom stereocenters. The summed E-state index contributed by atoms with van der Waals surface area (Å²) in [5, 5.41) is 4.94. The van der Waals surface area contributed by atoms with Crippen molar-refractivity contribution in [2.24, 2.45) is 0 Å². The number of nitrogens with zero attached hydrogens (tertiary/aromatic N) is 4. The Morgan fingerprint density at radius 2 is 0.915 bits per heavy atom. The zero-order valence-electron chi connectivity index (χ0n) is 31.3. The molecule has 0 aliphatic rings. The molecule has 8 aromatic carbocycles. The Balaban J connectivity index is 0.923. The van der Waals surface area contributed by atoms with Crippen molar-refractivity contribution in [2.45, 2.75) is 0 Å². The van der Waals surface area contributed by atoms with Crippen molar-refractivity contribution in [2.75, 3.05) is 0 Å². The van der Waals surface area contributed by atoms with E-state index in [0.29, 0.717) is 23.4 Å². The lowest BCUT2D eigenvalue weighted by Crippen LogP contribution is -2.00. The molecule has 0 aliphatic carbocycles. The number of benzene rings is 8. The molecule has 12 rings (SSSR count). The second-order valence-electron chi connectivity index (χ2n) is 14.6. The van der Waals surface area contributed by atoms with E-state index in [4.69, 9.17) is 19.4 Å². The first kappa shape index (κ1) is 33.8. The minimum Gasteiger partial charge on any atom is -0.436 e. The summed E-state index contributed by atoms with van der Waals surface area (Å²) in [7, 11) is 0. The molecule has 0 spiro atoms. The van der Waals surface area contributed by atoms with Crippen molar-refractivity contribution in [3.8, 4) is 67.9 Å². The van der Waals surface area contributed by atoms with E-state index in [-0.39, 0.29) is 0 Å². The molecule has 4 heterocycles. The summed E-state index contributed by atoms with van der Waals surface area (Å²) in [6.07, 6.45) is 0. The zero-order valence-corrected chi connectivity index (χ0v) is 33.0. The number of oxazole rings is 1. The maximum Gasteiger partial charge on any atom is 0.227 e. The number of rotatable bonds is 6. The third kappa shape index (κ3) is 5.90. The summed E-state index contributed by atoms with van der Waals surface area (Å²) in [4.78, 5) is 20.0. The highest BCUT2D eigenvalue weighted by Crippen LogP contribution is 2.42. The molecule has 7 heteroatoms. The molecule has 0 bridgehead atoms. The lowest BCUT2D eigenvalue weighted by molar-refractivity contribution is 0.620. The van der Waals surface area contributed by atoms with Crippen LogP contribution in [0.25, 0.3) is 119 Å². The fraction of sp³-hybridized carbons (Fsp3) is 0. The predicted octanol–water partition coefficient (Wildman–Crippen LogP) is 14.8. The van der Waals surface area contributed by atoms with E-state index in [9.17, 15) is 0 Å². The normalized spacial score (nSPS) is 11.7. The smallest absolute Gasteiger partial charge is 0.227 e. The number of hydrogen-bond acceptors (Lipinski definition) is 7. The van der Waals surface area contributed by atoms with Crippen LogP contribution in [0.4, 0.5) is 0 Å². The van der Waals surface area contributed by atoms with Crippen LogP contribution >= 0.6 is 22.7 Å². The SMILES string of the molecule is c1ccc(-c2nc(-c3cccc(-c4cccc5c4sc4ccc(-c6ccc(-c7nc8ccccc8o7)cc6)cc45)c3)nc(-c3ccc4sc5ccccc5c4c3)n2)cc1. The standard InChI is InChI=1S/C52H30N4OS2/c1-2-10-32(11-3-1)49-54-50(56-51(55-49)37-25-27-46-41(30-37)39-14-4-7-19-45(39)58-46)36-13-8-12-35(28-36)38-15-9-16-40-42-29-34(24-26-47(42)59-48(38)40)31-20-22-33(23-21-31)52-53-43-17-5-6-18-44(43)57-52/h1-30H. The Hall–Kier alpha value is -7.32. The van der Waals surface area contributed by atoms with Gasteiger partial charge in [0.1, 0.15) is 5.52 Å². The van der Waals surface area contributed by atoms with Gasteiger partial charge in [0, 0.05) is 62.6 Å². The van der Waals surface area contributed by atoms with Crippen LogP contribution in [-0.2, 0) is 0 Å². The summed E-state index contributed by atoms with van der Waals surface area (Å²) in [6.45, 7) is 0. The van der Waals surface area contributed by atoms with E-state index < -0.39 is 0 Å². The number of fused-ring (bicyclic) bond motifs is 7. The molecule has 4 aromatic heterocycles. The average molecular weight is 791 g/mol. The van der Waals surface area contributed by atoms with Crippen LogP contribution in [0, 0.1) is 0 Å². The van der Waals surface area contributed by atoms with Crippen LogP contribution in [0.3, 0.4) is 0 Å². The van der Waals surface area contributed by atoms with E-state index in [0.717, 1.165) is 44.5 Å². The molecule has 0 aliphatic heterocycles. The Morgan fingerprint density at radius 3 is 1.76 bits per heavy atom. The van der Waals surface area contributed by atoms with Gasteiger partial charge >= 0.3 is 0 Å². The first-order valence-corrected chi connectivity index (χ1v) is 21.1. The molecule has 0 unspecified atom stereocenters. The maximum atomic E-state index is 6.03. The second-order valence-corrected chi connectivity index (χ2v) is 16.8. The van der Waals surface area contributed by atoms with Crippen LogP contribution in [0.5, 0.6) is 0 Å². The van der Waals surface area contributed by atoms with Gasteiger partial charge in [-0.25, -0.2) is 19.9 Å². The van der Waals surface area contributed by atoms with Gasteiger partial charge in [-0.3, -0.25) is 0 Å². The highest BCUT2D eigenvalue weighted by atomic mass is 32.1. The molecule has 0 amide bonds. The predicted molar refractivity (Wildman–Crippen MR) is 246 cm³/mol. The summed E-state index contributed by atoms with van der Waals surface area (Å²) >= 11 is 3.64. The van der Waals surface area contributed by atoms with Gasteiger partial charge in [-0.05, 0) is 89.0 Å². The van der Waals surface area contributed by atoms with Crippen LogP contribution in [0.2, 0.25) is 0 Å². The number of para-hydroxylation sites is 2. The Bertz CT molecular complexity index is 3530. The van der Waals surface area contributed by atoms with Crippen LogP contribution in [0.15, 0.2) is 186 Å². The summed E-state index contributed by atoms with van der Waals surface area (Å²) in [6, 6.07) is 63.6. The number of thiophene rings is 2. The largest absolute Gasteiger partial charge is 0.436 e. The van der Waals surface area contributed by atoms with E-state index in [1.807, 2.05) is 65.1 Å². The summed E-state index contributed by atoms with van der Waals surface area (Å²) in [5.74, 6) is 2.57. The molecule has 0 fully saturated rings. The molecule has 0 radical (unpaired) electrons. The first-order valence-electron chi connectivity index (χ1n) is 19.4. The third-order valence-electron chi connectivity index (χ3n) is 11.0. The van der Waals surface area contributed by atoms with Crippen molar-refractivity contribution >= 4 is 74.1 Å². The monoisotopic (exact) mass is 790 g/mol. The fourth-order valence-corrected chi connectivity index (χ4v) is 10.4. The van der Waals surface area contributed by atoms with Gasteiger partial charge in [0.25, 0.3) is 0 Å². The van der Waals surface area contributed by atoms with Crippen LogP contribution < -0.4 is 0 Å². The van der Waals surface area contributed by atoms with Crippen LogP contribution in [-0.4, -0.2) is 19.9 Å². The van der Waals surface area contributed by atoms with Gasteiger partial charge in [0.2, 0.25) is 5.89 Å². The minimum absolute atomic E-state index is 0.631. The van der Waals surface area contributed by atoms with Crippen molar-refractivity contribution in [3.63, 3.8) is 0 Å². The summed E-state index contributed by atoms with van der Waals surface area (Å²) in [5.41, 5.74) is 10.1. The van der Waals surface area contributed by atoms with Gasteiger partial charge in [0.05, 0.1) is 0 Å². The van der Waals surface area contributed by atoms with E-state index in [2.05, 4.69) is 145 Å². The highest BCUT2D eigenvalue weighted by Gasteiger charge is 2.17. The lowest BCUT2D eigenvalue weighted by atomic mass is 9.98. The first-order chi connectivity index (χ1) is 29.2. The molecule has 0 N–H and O–H groups in total. The van der Waals surface area contributed by atoms with Crippen molar-refractivity contribution in [1.29, 1.82) is 0 Å². The van der Waals surface area contributed by atoms with Gasteiger partial charge in [-0.1, -0.05) is 115 Å². The van der Waals surface area contributed by atoms with Crippen LogP contribution in [0.1, 0.15) is 0 Å². The Kier molecular flexibility index (Phi) is 7.82. The molecule has 12 aromatic rings. The van der Waals surface area contributed by atoms with Crippen molar-refractivity contribution in [1.82, 2.24) is 19.9 Å². The zero-order chi connectivity index (χ0) is 38.9. The van der Waals surface area contributed by atoms with Crippen molar-refractivity contribution < 1.29 is 4.42 Å². The van der Waals surface area contributed by atoms with Gasteiger partial charge in [-0.15, -0.1) is 22.7 Å². The highest BCUT2D eigenvalue weighted by molar-refractivity contribution is 7.26. The van der Waals surface area contributed by atoms with Gasteiger partial charge in [0.15, 0.2) is 23.1 Å². The minimum atomic E-state index is 0.631. The average Bonchev–Trinajstić information content (AvgIpc) is 4.02. The third-order valence-corrected chi connectivity index (χ3v) is 13.4.